The first kappa shape index (κ1) is 23.9. The van der Waals surface area contributed by atoms with Crippen molar-refractivity contribution in [3.63, 3.8) is 0 Å². The Kier molecular flexibility index (Phi) is 7.59. The van der Waals surface area contributed by atoms with E-state index in [2.05, 4.69) is 26.2 Å². The second-order valence-electron chi connectivity index (χ2n) is 7.81. The summed E-state index contributed by atoms with van der Waals surface area (Å²) in [7, 11) is 0. The molecule has 1 fully saturated rings. The maximum absolute atomic E-state index is 14.6. The van der Waals surface area contributed by atoms with Gasteiger partial charge in [-0.3, -0.25) is 15.0 Å². The van der Waals surface area contributed by atoms with Gasteiger partial charge in [-0.15, -0.1) is 0 Å². The SMILES string of the molecule is CC(C)(Sc1cnc(NC(=O)N(CC2CCCC2)c2c(F)cc(Br)cc2F)s1)C(=O)O. The molecule has 3 rings (SSSR count). The Morgan fingerprint density at radius 2 is 1.94 bits per heavy atom. The van der Waals surface area contributed by atoms with E-state index in [9.17, 15) is 23.5 Å². The van der Waals surface area contributed by atoms with Crippen molar-refractivity contribution in [2.45, 2.75) is 48.5 Å². The molecule has 2 aromatic rings. The van der Waals surface area contributed by atoms with E-state index in [0.717, 1.165) is 65.8 Å². The maximum Gasteiger partial charge on any atom is 0.328 e. The van der Waals surface area contributed by atoms with Crippen molar-refractivity contribution in [1.82, 2.24) is 4.98 Å². The number of urea groups is 1. The number of halogens is 3. The lowest BCUT2D eigenvalue weighted by atomic mass is 10.1. The highest BCUT2D eigenvalue weighted by atomic mass is 79.9. The summed E-state index contributed by atoms with van der Waals surface area (Å²) < 4.78 is 29.1. The van der Waals surface area contributed by atoms with Gasteiger partial charge in [0, 0.05) is 11.0 Å². The molecule has 0 saturated heterocycles. The predicted molar refractivity (Wildman–Crippen MR) is 122 cm³/mol. The average molecular weight is 534 g/mol. The second-order valence-corrected chi connectivity index (χ2v) is 11.7. The summed E-state index contributed by atoms with van der Waals surface area (Å²) in [6.07, 6.45) is 5.31. The fraction of sp³-hybridized carbons (Fsp3) is 0.450. The van der Waals surface area contributed by atoms with Crippen LogP contribution in [0.4, 0.5) is 24.4 Å². The van der Waals surface area contributed by atoms with Gasteiger partial charge in [0.25, 0.3) is 0 Å². The zero-order valence-electron chi connectivity index (χ0n) is 17.0. The van der Waals surface area contributed by atoms with Gasteiger partial charge in [0.1, 0.15) is 10.4 Å². The third-order valence-corrected chi connectivity index (χ3v) is 7.64. The number of carbonyl (C=O) groups excluding carboxylic acids is 1. The molecule has 1 aliphatic rings. The maximum atomic E-state index is 14.6. The van der Waals surface area contributed by atoms with Crippen LogP contribution in [0, 0.1) is 17.6 Å². The Morgan fingerprint density at radius 1 is 1.32 bits per heavy atom. The van der Waals surface area contributed by atoms with Crippen LogP contribution in [0.3, 0.4) is 0 Å². The molecule has 1 aromatic carbocycles. The predicted octanol–water partition coefficient (Wildman–Crippen LogP) is 6.37. The van der Waals surface area contributed by atoms with Crippen molar-refractivity contribution < 1.29 is 23.5 Å². The van der Waals surface area contributed by atoms with Gasteiger partial charge in [-0.05, 0) is 44.7 Å². The monoisotopic (exact) mass is 533 g/mol. The minimum absolute atomic E-state index is 0.159. The highest BCUT2D eigenvalue weighted by molar-refractivity contribution is 9.10. The number of aliphatic carboxylic acids is 1. The number of rotatable bonds is 7. The Bertz CT molecular complexity index is 957. The van der Waals surface area contributed by atoms with E-state index in [1.54, 1.807) is 13.8 Å². The van der Waals surface area contributed by atoms with Crippen LogP contribution in [0.25, 0.3) is 0 Å². The van der Waals surface area contributed by atoms with Gasteiger partial charge in [-0.25, -0.2) is 18.6 Å². The number of thioether (sulfide) groups is 1. The molecule has 2 N–H and O–H groups in total. The molecule has 31 heavy (non-hydrogen) atoms. The number of hydrogen-bond donors (Lipinski definition) is 2. The van der Waals surface area contributed by atoms with E-state index >= 15 is 0 Å². The molecule has 1 heterocycles. The number of anilines is 2. The lowest BCUT2D eigenvalue weighted by Crippen LogP contribution is -2.39. The number of aromatic nitrogens is 1. The van der Waals surface area contributed by atoms with E-state index in [-0.39, 0.29) is 22.1 Å². The van der Waals surface area contributed by atoms with Gasteiger partial charge in [0.15, 0.2) is 16.8 Å². The number of thiazole rings is 1. The largest absolute Gasteiger partial charge is 0.480 e. The van der Waals surface area contributed by atoms with E-state index in [1.165, 1.54) is 6.20 Å². The van der Waals surface area contributed by atoms with Gasteiger partial charge >= 0.3 is 12.0 Å². The zero-order valence-corrected chi connectivity index (χ0v) is 20.2. The van der Waals surface area contributed by atoms with Crippen LogP contribution < -0.4 is 10.2 Å². The highest BCUT2D eigenvalue weighted by Gasteiger charge is 2.31. The van der Waals surface area contributed by atoms with E-state index in [4.69, 9.17) is 0 Å². The van der Waals surface area contributed by atoms with Crippen molar-refractivity contribution in [2.75, 3.05) is 16.8 Å². The molecule has 0 radical (unpaired) electrons. The van der Waals surface area contributed by atoms with Crippen molar-refractivity contribution in [1.29, 1.82) is 0 Å². The first-order valence-electron chi connectivity index (χ1n) is 9.68. The van der Waals surface area contributed by atoms with Gasteiger partial charge < -0.3 is 5.11 Å². The Balaban J connectivity index is 1.82. The van der Waals surface area contributed by atoms with Crippen LogP contribution in [0.2, 0.25) is 0 Å². The minimum atomic E-state index is -1.06. The number of amides is 2. The van der Waals surface area contributed by atoms with Gasteiger partial charge in [-0.1, -0.05) is 51.9 Å². The molecule has 1 saturated carbocycles. The van der Waals surface area contributed by atoms with E-state index in [1.807, 2.05) is 0 Å². The van der Waals surface area contributed by atoms with E-state index in [0.29, 0.717) is 4.21 Å². The summed E-state index contributed by atoms with van der Waals surface area (Å²) >= 11 is 5.27. The lowest BCUT2D eigenvalue weighted by Gasteiger charge is -2.26. The normalized spacial score (nSPS) is 14.6. The Hall–Kier alpha value is -1.72. The fourth-order valence-electron chi connectivity index (χ4n) is 3.34. The molecule has 1 aromatic heterocycles. The highest BCUT2D eigenvalue weighted by Crippen LogP contribution is 2.38. The summed E-state index contributed by atoms with van der Waals surface area (Å²) in [4.78, 5) is 29.6. The van der Waals surface area contributed by atoms with Crippen molar-refractivity contribution >= 4 is 61.8 Å². The molecule has 0 atom stereocenters. The second kappa shape index (κ2) is 9.83. The molecule has 11 heteroatoms. The van der Waals surface area contributed by atoms with Gasteiger partial charge in [0.05, 0.1) is 10.4 Å². The number of hydrogen-bond acceptors (Lipinski definition) is 5. The number of carbonyl (C=O) groups is 2. The summed E-state index contributed by atoms with van der Waals surface area (Å²) in [6.45, 7) is 3.33. The van der Waals surface area contributed by atoms with Gasteiger partial charge in [0.2, 0.25) is 0 Å². The molecule has 0 bridgehead atoms. The van der Waals surface area contributed by atoms with Crippen molar-refractivity contribution in [2.24, 2.45) is 5.92 Å². The standard InChI is InChI=1S/C20H22BrF2N3O3S2/c1-20(2,17(27)28)31-15-9-24-18(30-15)25-19(29)26(10-11-5-3-4-6-11)16-13(22)7-12(21)8-14(16)23/h7-9,11H,3-6,10H2,1-2H3,(H,27,28)(H,24,25,29). The van der Waals surface area contributed by atoms with Crippen molar-refractivity contribution in [3.05, 3.63) is 34.4 Å². The topological polar surface area (TPSA) is 82.5 Å². The quantitative estimate of drug-likeness (QED) is 0.404. The molecule has 168 valence electrons. The number of carboxylic acid groups (broad SMARTS) is 1. The summed E-state index contributed by atoms with van der Waals surface area (Å²) in [5.74, 6) is -2.48. The molecule has 0 unspecified atom stereocenters. The fourth-order valence-corrected chi connectivity index (χ4v) is 6.00. The zero-order chi connectivity index (χ0) is 22.8. The lowest BCUT2D eigenvalue weighted by molar-refractivity contribution is -0.138. The molecular weight excluding hydrogens is 512 g/mol. The van der Waals surface area contributed by atoms with Gasteiger partial charge in [-0.2, -0.15) is 0 Å². The van der Waals surface area contributed by atoms with Crippen LogP contribution >= 0.6 is 39.0 Å². The number of nitrogens with one attached hydrogen (secondary N) is 1. The Morgan fingerprint density at radius 3 is 2.52 bits per heavy atom. The first-order chi connectivity index (χ1) is 14.6. The number of benzene rings is 1. The summed E-state index contributed by atoms with van der Waals surface area (Å²) in [5.41, 5.74) is -0.397. The molecule has 1 aliphatic carbocycles. The molecule has 6 nitrogen and oxygen atoms in total. The van der Waals surface area contributed by atoms with Crippen LogP contribution in [0.1, 0.15) is 39.5 Å². The van der Waals surface area contributed by atoms with Crippen LogP contribution in [-0.4, -0.2) is 33.4 Å². The number of carboxylic acids is 1. The molecule has 0 aliphatic heterocycles. The molecule has 2 amide bonds. The third-order valence-electron chi connectivity index (χ3n) is 4.98. The molecular formula is C20H22BrF2N3O3S2. The minimum Gasteiger partial charge on any atom is -0.480 e. The number of nitrogens with zero attached hydrogens (tertiary/aromatic N) is 2. The summed E-state index contributed by atoms with van der Waals surface area (Å²) in [5, 5.41) is 12.1. The average Bonchev–Trinajstić information content (AvgIpc) is 3.31. The molecule has 0 spiro atoms. The van der Waals surface area contributed by atoms with Crippen LogP contribution in [0.15, 0.2) is 27.0 Å². The van der Waals surface area contributed by atoms with E-state index < -0.39 is 34.1 Å². The third kappa shape index (κ3) is 5.95. The van der Waals surface area contributed by atoms with Crippen molar-refractivity contribution in [3.8, 4) is 0 Å². The van der Waals surface area contributed by atoms with Crippen LogP contribution in [0.5, 0.6) is 0 Å². The Labute approximate surface area is 195 Å². The van der Waals surface area contributed by atoms with Crippen LogP contribution in [-0.2, 0) is 4.79 Å². The smallest absolute Gasteiger partial charge is 0.328 e. The first-order valence-corrected chi connectivity index (χ1v) is 12.1. The summed E-state index contributed by atoms with van der Waals surface area (Å²) in [6, 6.07) is 1.56.